The van der Waals surface area contributed by atoms with Crippen molar-refractivity contribution < 1.29 is 5.11 Å². The summed E-state index contributed by atoms with van der Waals surface area (Å²) in [4.78, 5) is -0.422. The van der Waals surface area contributed by atoms with Crippen molar-refractivity contribution in [3.63, 3.8) is 0 Å². The van der Waals surface area contributed by atoms with Gasteiger partial charge in [-0.3, -0.25) is 0 Å². The van der Waals surface area contributed by atoms with Crippen LogP contribution in [0.2, 0.25) is 5.02 Å². The Kier molecular flexibility index (Phi) is 5.57. The van der Waals surface area contributed by atoms with Gasteiger partial charge in [0.2, 0.25) is 0 Å². The van der Waals surface area contributed by atoms with Gasteiger partial charge < -0.3 is 10.4 Å². The Bertz CT molecular complexity index is 1160. The van der Waals surface area contributed by atoms with E-state index in [1.807, 2.05) is 44.2 Å². The smallest absolute Gasteiger partial charge is 0.123 e. The summed E-state index contributed by atoms with van der Waals surface area (Å²) in [6, 6.07) is 17.8. The van der Waals surface area contributed by atoms with Gasteiger partial charge in [0.05, 0.1) is 4.87 Å². The lowest BCUT2D eigenvalue weighted by molar-refractivity contribution is 0.477. The Morgan fingerprint density at radius 2 is 1.74 bits per heavy atom. The van der Waals surface area contributed by atoms with Gasteiger partial charge in [-0.15, -0.1) is 11.6 Å². The second kappa shape index (κ2) is 7.93. The Morgan fingerprint density at radius 3 is 2.42 bits per heavy atom. The first kappa shape index (κ1) is 21.8. The van der Waals surface area contributed by atoms with Gasteiger partial charge in [0, 0.05) is 33.8 Å². The average molecular weight is 452 g/mol. The summed E-state index contributed by atoms with van der Waals surface area (Å²) in [5.74, 6) is 0.467. The molecule has 0 saturated heterocycles. The first-order chi connectivity index (χ1) is 14.6. The molecule has 31 heavy (non-hydrogen) atoms. The van der Waals surface area contributed by atoms with Gasteiger partial charge in [0.15, 0.2) is 0 Å². The molecule has 0 heterocycles. The van der Waals surface area contributed by atoms with Crippen LogP contribution in [-0.2, 0) is 0 Å². The second-order valence-electron chi connectivity index (χ2n) is 8.85. The van der Waals surface area contributed by atoms with Gasteiger partial charge in [-0.05, 0) is 85.8 Å². The first-order valence-electron chi connectivity index (χ1n) is 10.4. The zero-order valence-corrected chi connectivity index (χ0v) is 19.8. The number of rotatable bonds is 5. The number of benzene rings is 3. The van der Waals surface area contributed by atoms with Gasteiger partial charge in [0.25, 0.3) is 0 Å². The summed E-state index contributed by atoms with van der Waals surface area (Å²) in [7, 11) is 0. The zero-order chi connectivity index (χ0) is 22.5. The minimum Gasteiger partial charge on any atom is -0.507 e. The van der Waals surface area contributed by atoms with Gasteiger partial charge in [-0.1, -0.05) is 42.4 Å². The molecule has 1 aliphatic carbocycles. The normalized spacial score (nSPS) is 22.3. The number of aromatic hydroxyl groups is 1. The van der Waals surface area contributed by atoms with Gasteiger partial charge in [-0.2, -0.15) is 0 Å². The van der Waals surface area contributed by atoms with Crippen LogP contribution >= 0.6 is 23.2 Å². The molecule has 1 saturated carbocycles. The molecule has 1 aliphatic rings. The van der Waals surface area contributed by atoms with E-state index in [0.717, 1.165) is 38.7 Å². The molecule has 0 radical (unpaired) electrons. The maximum absolute atomic E-state index is 10.4. The van der Waals surface area contributed by atoms with Crippen LogP contribution in [0, 0.1) is 26.7 Å². The van der Waals surface area contributed by atoms with Crippen LogP contribution < -0.4 is 5.32 Å². The van der Waals surface area contributed by atoms with Crippen molar-refractivity contribution in [3.05, 3.63) is 94.1 Å². The minimum atomic E-state index is -0.422. The van der Waals surface area contributed by atoms with Crippen molar-refractivity contribution in [1.82, 2.24) is 0 Å². The van der Waals surface area contributed by atoms with E-state index < -0.39 is 4.87 Å². The van der Waals surface area contributed by atoms with E-state index in [0.29, 0.717) is 0 Å². The highest BCUT2D eigenvalue weighted by atomic mass is 35.5. The molecule has 4 heteroatoms. The van der Waals surface area contributed by atoms with Crippen LogP contribution in [0.5, 0.6) is 5.75 Å². The van der Waals surface area contributed by atoms with Crippen molar-refractivity contribution >= 4 is 28.9 Å². The maximum Gasteiger partial charge on any atom is 0.123 e. The zero-order valence-electron chi connectivity index (χ0n) is 18.3. The standard InChI is InChI=1S/C27H27Cl2NO/c1-15-10-20(13-21(28)11-15)26-25(27(26,5)29)18(4)30-22-8-9-24(31)23(14-22)19-7-6-16(2)17(3)12-19/h6-14,25-26,30-31H,4H2,1-3,5H3. The van der Waals surface area contributed by atoms with Gasteiger partial charge >= 0.3 is 0 Å². The lowest BCUT2D eigenvalue weighted by atomic mass is 9.99. The molecule has 3 unspecified atom stereocenters. The monoisotopic (exact) mass is 451 g/mol. The second-order valence-corrected chi connectivity index (χ2v) is 10.1. The summed E-state index contributed by atoms with van der Waals surface area (Å²) in [6.45, 7) is 12.5. The number of hydrogen-bond acceptors (Lipinski definition) is 2. The number of allylic oxidation sites excluding steroid dienone is 1. The molecule has 0 aliphatic heterocycles. The van der Waals surface area contributed by atoms with E-state index in [9.17, 15) is 5.11 Å². The molecule has 160 valence electrons. The number of nitrogens with one attached hydrogen (secondary N) is 1. The third-order valence-corrected chi connectivity index (χ3v) is 7.05. The maximum atomic E-state index is 10.4. The van der Waals surface area contributed by atoms with E-state index in [2.05, 4.69) is 43.9 Å². The highest BCUT2D eigenvalue weighted by Crippen LogP contribution is 2.64. The number of phenols is 1. The van der Waals surface area contributed by atoms with Crippen molar-refractivity contribution in [2.45, 2.75) is 38.5 Å². The number of aryl methyl sites for hydroxylation is 3. The molecule has 2 N–H and O–H groups in total. The molecule has 0 bridgehead atoms. The number of hydrogen-bond donors (Lipinski definition) is 2. The molecular formula is C27H27Cl2NO. The lowest BCUT2D eigenvalue weighted by Crippen LogP contribution is -2.05. The molecule has 4 rings (SSSR count). The molecule has 2 nitrogen and oxygen atoms in total. The molecule has 0 aromatic heterocycles. The third kappa shape index (κ3) is 4.20. The molecule has 3 aromatic carbocycles. The summed E-state index contributed by atoms with van der Waals surface area (Å²) in [5, 5.41) is 14.6. The Morgan fingerprint density at radius 1 is 1.00 bits per heavy atom. The number of halogens is 2. The van der Waals surface area contributed by atoms with E-state index in [-0.39, 0.29) is 17.6 Å². The van der Waals surface area contributed by atoms with Crippen molar-refractivity contribution in [2.24, 2.45) is 5.92 Å². The fourth-order valence-electron chi connectivity index (χ4n) is 4.50. The predicted molar refractivity (Wildman–Crippen MR) is 132 cm³/mol. The highest BCUT2D eigenvalue weighted by molar-refractivity contribution is 6.31. The Hall–Kier alpha value is -2.42. The van der Waals surface area contributed by atoms with Crippen LogP contribution in [0.4, 0.5) is 5.69 Å². The van der Waals surface area contributed by atoms with Crippen LogP contribution in [-0.4, -0.2) is 9.98 Å². The van der Waals surface area contributed by atoms with Crippen molar-refractivity contribution in [1.29, 1.82) is 0 Å². The van der Waals surface area contributed by atoms with Crippen LogP contribution in [0.1, 0.15) is 35.1 Å². The number of phenolic OH excluding ortho intramolecular Hbond substituents is 1. The van der Waals surface area contributed by atoms with E-state index in [4.69, 9.17) is 23.2 Å². The summed E-state index contributed by atoms with van der Waals surface area (Å²) in [6.07, 6.45) is 0. The summed E-state index contributed by atoms with van der Waals surface area (Å²) >= 11 is 13.2. The fourth-order valence-corrected chi connectivity index (χ4v) is 5.25. The fraction of sp³-hybridized carbons (Fsp3) is 0.259. The van der Waals surface area contributed by atoms with E-state index >= 15 is 0 Å². The largest absolute Gasteiger partial charge is 0.507 e. The quantitative estimate of drug-likeness (QED) is 0.304. The molecule has 0 spiro atoms. The number of anilines is 1. The SMILES string of the molecule is C=C(Nc1ccc(O)c(-c2ccc(C)c(C)c2)c1)C1C(c2cc(C)cc(Cl)c2)C1(C)Cl. The topological polar surface area (TPSA) is 32.3 Å². The average Bonchev–Trinajstić information content (AvgIpc) is 3.27. The molecule has 1 fully saturated rings. The first-order valence-corrected chi connectivity index (χ1v) is 11.2. The minimum absolute atomic E-state index is 0.0749. The predicted octanol–water partition coefficient (Wildman–Crippen LogP) is 7.97. The van der Waals surface area contributed by atoms with Crippen LogP contribution in [0.3, 0.4) is 0 Å². The number of alkyl halides is 1. The highest BCUT2D eigenvalue weighted by Gasteiger charge is 2.62. The molecule has 3 aromatic rings. The summed E-state index contributed by atoms with van der Waals surface area (Å²) in [5.41, 5.74) is 8.17. The van der Waals surface area contributed by atoms with Gasteiger partial charge in [-0.25, -0.2) is 0 Å². The molecule has 0 amide bonds. The molecule has 3 atom stereocenters. The molecular weight excluding hydrogens is 425 g/mol. The van der Waals surface area contributed by atoms with E-state index in [1.54, 1.807) is 6.07 Å². The van der Waals surface area contributed by atoms with Crippen molar-refractivity contribution in [2.75, 3.05) is 5.32 Å². The van der Waals surface area contributed by atoms with Crippen LogP contribution in [0.25, 0.3) is 11.1 Å². The third-order valence-electron chi connectivity index (χ3n) is 6.36. The Balaban J connectivity index is 1.58. The van der Waals surface area contributed by atoms with E-state index in [1.165, 1.54) is 11.1 Å². The van der Waals surface area contributed by atoms with Crippen LogP contribution in [0.15, 0.2) is 66.9 Å². The Labute approximate surface area is 194 Å². The van der Waals surface area contributed by atoms with Crippen molar-refractivity contribution in [3.8, 4) is 16.9 Å². The lowest BCUT2D eigenvalue weighted by Gasteiger charge is -2.14. The summed E-state index contributed by atoms with van der Waals surface area (Å²) < 4.78 is 0. The van der Waals surface area contributed by atoms with Gasteiger partial charge in [0.1, 0.15) is 5.75 Å².